The average Bonchev–Trinajstić information content (AvgIpc) is 2.73. The number of aryl methyl sites for hydroxylation is 1. The van der Waals surface area contributed by atoms with Crippen LogP contribution in [0.1, 0.15) is 30.6 Å². The van der Waals surface area contributed by atoms with Crippen molar-refractivity contribution in [3.63, 3.8) is 0 Å². The van der Waals surface area contributed by atoms with Crippen molar-refractivity contribution in [2.24, 2.45) is 0 Å². The first-order valence-electron chi connectivity index (χ1n) is 4.91. The highest BCUT2D eigenvalue weighted by atomic mass is 32.1. The Morgan fingerprint density at radius 2 is 2.47 bits per heavy atom. The normalized spacial score (nSPS) is 12.5. The van der Waals surface area contributed by atoms with E-state index in [-0.39, 0.29) is 18.6 Å². The summed E-state index contributed by atoms with van der Waals surface area (Å²) in [6, 6.07) is 0.0839. The smallest absolute Gasteiger partial charge is 0.319 e. The van der Waals surface area contributed by atoms with Crippen LogP contribution in [0.25, 0.3) is 0 Å². The number of rotatable bonds is 5. The van der Waals surface area contributed by atoms with Gasteiger partial charge in [-0.25, -0.2) is 4.98 Å². The Morgan fingerprint density at radius 3 is 3.00 bits per heavy atom. The van der Waals surface area contributed by atoms with Crippen molar-refractivity contribution in [1.29, 1.82) is 0 Å². The molecule has 0 fully saturated rings. The van der Waals surface area contributed by atoms with E-state index in [9.17, 15) is 4.79 Å². The van der Waals surface area contributed by atoms with Crippen LogP contribution in [0.4, 0.5) is 0 Å². The van der Waals surface area contributed by atoms with E-state index >= 15 is 0 Å². The molecule has 0 saturated heterocycles. The zero-order valence-corrected chi connectivity index (χ0v) is 10.1. The first-order valence-corrected chi connectivity index (χ1v) is 5.79. The zero-order chi connectivity index (χ0) is 11.3. The summed E-state index contributed by atoms with van der Waals surface area (Å²) in [6.45, 7) is 4.28. The number of nitrogens with one attached hydrogen (secondary N) is 1. The van der Waals surface area contributed by atoms with Crippen LogP contribution in [0, 0.1) is 0 Å². The number of esters is 1. The second-order valence-electron chi connectivity index (χ2n) is 3.20. The monoisotopic (exact) mass is 228 g/mol. The number of ether oxygens (including phenoxy) is 1. The van der Waals surface area contributed by atoms with Gasteiger partial charge in [0, 0.05) is 11.4 Å². The fourth-order valence-corrected chi connectivity index (χ4v) is 1.94. The number of thiazole rings is 1. The Hall–Kier alpha value is -0.940. The molecule has 0 aliphatic carbocycles. The van der Waals surface area contributed by atoms with E-state index < -0.39 is 0 Å². The predicted molar refractivity (Wildman–Crippen MR) is 59.9 cm³/mol. The summed E-state index contributed by atoms with van der Waals surface area (Å²) in [5, 5.41) is 6.20. The lowest BCUT2D eigenvalue weighted by Gasteiger charge is -2.09. The maximum atomic E-state index is 10.9. The molecule has 5 heteroatoms. The number of carbonyl (C=O) groups is 1. The third kappa shape index (κ3) is 3.60. The Balaban J connectivity index is 2.46. The van der Waals surface area contributed by atoms with Crippen molar-refractivity contribution in [2.45, 2.75) is 26.3 Å². The Kier molecular flexibility index (Phi) is 4.71. The van der Waals surface area contributed by atoms with Crippen LogP contribution in [0.15, 0.2) is 5.38 Å². The van der Waals surface area contributed by atoms with Gasteiger partial charge in [-0.3, -0.25) is 10.1 Å². The molecule has 15 heavy (non-hydrogen) atoms. The first-order chi connectivity index (χ1) is 7.17. The molecule has 84 valence electrons. The summed E-state index contributed by atoms with van der Waals surface area (Å²) in [5.41, 5.74) is 0.987. The highest BCUT2D eigenvalue weighted by Crippen LogP contribution is 2.16. The number of carbonyl (C=O) groups excluding carboxylic acids is 1. The van der Waals surface area contributed by atoms with Crippen molar-refractivity contribution in [1.82, 2.24) is 10.3 Å². The molecule has 0 aromatic carbocycles. The lowest BCUT2D eigenvalue weighted by atomic mass is 10.2. The SMILES string of the molecule is CCc1nc([C@@H](C)NCC(=O)OC)cs1. The van der Waals surface area contributed by atoms with E-state index in [2.05, 4.69) is 22.0 Å². The molecule has 0 radical (unpaired) electrons. The van der Waals surface area contributed by atoms with Gasteiger partial charge in [0.05, 0.1) is 24.4 Å². The maximum absolute atomic E-state index is 10.9. The minimum absolute atomic E-state index is 0.0839. The molecular formula is C10H16N2O2S. The average molecular weight is 228 g/mol. The number of hydrogen-bond donors (Lipinski definition) is 1. The summed E-state index contributed by atoms with van der Waals surface area (Å²) in [5.74, 6) is -0.257. The fourth-order valence-electron chi connectivity index (χ4n) is 1.10. The van der Waals surface area contributed by atoms with Gasteiger partial charge in [0.25, 0.3) is 0 Å². The Bertz CT molecular complexity index is 325. The van der Waals surface area contributed by atoms with Gasteiger partial charge in [0.1, 0.15) is 0 Å². The van der Waals surface area contributed by atoms with E-state index in [0.29, 0.717) is 0 Å². The van der Waals surface area contributed by atoms with Gasteiger partial charge in [-0.1, -0.05) is 6.92 Å². The lowest BCUT2D eigenvalue weighted by molar-refractivity contribution is -0.139. The van der Waals surface area contributed by atoms with E-state index in [0.717, 1.165) is 17.1 Å². The van der Waals surface area contributed by atoms with Crippen LogP contribution in [-0.2, 0) is 16.0 Å². The fraction of sp³-hybridized carbons (Fsp3) is 0.600. The lowest BCUT2D eigenvalue weighted by Crippen LogP contribution is -2.26. The van der Waals surface area contributed by atoms with Crippen LogP contribution in [-0.4, -0.2) is 24.6 Å². The highest BCUT2D eigenvalue weighted by molar-refractivity contribution is 7.09. The predicted octanol–water partition coefficient (Wildman–Crippen LogP) is 1.53. The molecular weight excluding hydrogens is 212 g/mol. The number of nitrogens with zero attached hydrogens (tertiary/aromatic N) is 1. The second kappa shape index (κ2) is 5.82. The van der Waals surface area contributed by atoms with Crippen LogP contribution < -0.4 is 5.32 Å². The molecule has 0 amide bonds. The molecule has 1 atom stereocenters. The summed E-state index contributed by atoms with van der Waals surface area (Å²) in [7, 11) is 1.38. The molecule has 0 aliphatic heterocycles. The number of hydrogen-bond acceptors (Lipinski definition) is 5. The summed E-state index contributed by atoms with van der Waals surface area (Å²) >= 11 is 1.65. The van der Waals surface area contributed by atoms with Crippen LogP contribution in [0.5, 0.6) is 0 Å². The molecule has 1 rings (SSSR count). The molecule has 0 aliphatic rings. The second-order valence-corrected chi connectivity index (χ2v) is 4.14. The quantitative estimate of drug-likeness (QED) is 0.776. The molecule has 4 nitrogen and oxygen atoms in total. The van der Waals surface area contributed by atoms with E-state index in [1.54, 1.807) is 11.3 Å². The molecule has 0 bridgehead atoms. The van der Waals surface area contributed by atoms with Gasteiger partial charge in [-0.15, -0.1) is 11.3 Å². The minimum atomic E-state index is -0.257. The number of aromatic nitrogens is 1. The molecule has 0 saturated carbocycles. The van der Waals surface area contributed by atoms with Gasteiger partial charge < -0.3 is 4.74 Å². The van der Waals surface area contributed by atoms with Gasteiger partial charge in [0.2, 0.25) is 0 Å². The van der Waals surface area contributed by atoms with E-state index in [4.69, 9.17) is 0 Å². The van der Waals surface area contributed by atoms with Gasteiger partial charge in [-0.2, -0.15) is 0 Å². The Morgan fingerprint density at radius 1 is 1.73 bits per heavy atom. The van der Waals surface area contributed by atoms with Gasteiger partial charge in [0.15, 0.2) is 0 Å². The van der Waals surface area contributed by atoms with E-state index in [1.165, 1.54) is 7.11 Å². The number of methoxy groups -OCH3 is 1. The molecule has 1 aromatic rings. The molecule has 0 unspecified atom stereocenters. The Labute approximate surface area is 93.7 Å². The van der Waals surface area contributed by atoms with Crippen LogP contribution >= 0.6 is 11.3 Å². The first kappa shape index (κ1) is 12.1. The summed E-state index contributed by atoms with van der Waals surface area (Å²) in [6.07, 6.45) is 0.953. The molecule has 1 aromatic heterocycles. The van der Waals surface area contributed by atoms with Crippen LogP contribution in [0.2, 0.25) is 0 Å². The van der Waals surface area contributed by atoms with Crippen molar-refractivity contribution >= 4 is 17.3 Å². The maximum Gasteiger partial charge on any atom is 0.319 e. The molecule has 0 spiro atoms. The zero-order valence-electron chi connectivity index (χ0n) is 9.24. The third-order valence-electron chi connectivity index (χ3n) is 2.10. The minimum Gasteiger partial charge on any atom is -0.468 e. The van der Waals surface area contributed by atoms with E-state index in [1.807, 2.05) is 12.3 Å². The van der Waals surface area contributed by atoms with Crippen molar-refractivity contribution in [2.75, 3.05) is 13.7 Å². The summed E-state index contributed by atoms with van der Waals surface area (Å²) < 4.78 is 4.54. The van der Waals surface area contributed by atoms with Crippen molar-refractivity contribution in [3.8, 4) is 0 Å². The molecule has 1 N–H and O–H groups in total. The van der Waals surface area contributed by atoms with Gasteiger partial charge >= 0.3 is 5.97 Å². The van der Waals surface area contributed by atoms with Crippen molar-refractivity contribution < 1.29 is 9.53 Å². The largest absolute Gasteiger partial charge is 0.468 e. The topological polar surface area (TPSA) is 51.2 Å². The summed E-state index contributed by atoms with van der Waals surface area (Å²) in [4.78, 5) is 15.3. The van der Waals surface area contributed by atoms with Crippen molar-refractivity contribution in [3.05, 3.63) is 16.1 Å². The van der Waals surface area contributed by atoms with Gasteiger partial charge in [-0.05, 0) is 13.3 Å². The van der Waals surface area contributed by atoms with Crippen LogP contribution in [0.3, 0.4) is 0 Å². The third-order valence-corrected chi connectivity index (χ3v) is 3.11. The highest BCUT2D eigenvalue weighted by Gasteiger charge is 2.10. The molecule has 1 heterocycles. The standard InChI is InChI=1S/C10H16N2O2S/c1-4-9-12-8(6-15-9)7(2)11-5-10(13)14-3/h6-7,11H,4-5H2,1-3H3/t7-/m1/s1.